The minimum Gasteiger partial charge on any atom is -0.497 e. The van der Waals surface area contributed by atoms with Crippen molar-refractivity contribution in [3.8, 4) is 11.5 Å². The van der Waals surface area contributed by atoms with Crippen molar-refractivity contribution in [2.24, 2.45) is 11.8 Å². The van der Waals surface area contributed by atoms with Crippen molar-refractivity contribution in [2.45, 2.75) is 32.2 Å². The van der Waals surface area contributed by atoms with Crippen LogP contribution in [0.15, 0.2) is 48.5 Å². The highest BCUT2D eigenvalue weighted by atomic mass is 16.5. The number of ether oxygens (including phenoxy) is 3. The van der Waals surface area contributed by atoms with E-state index in [4.69, 9.17) is 14.2 Å². The molecule has 2 amide bonds. The van der Waals surface area contributed by atoms with Gasteiger partial charge in [-0.1, -0.05) is 12.1 Å². The van der Waals surface area contributed by atoms with Crippen LogP contribution in [0.25, 0.3) is 0 Å². The number of rotatable bonds is 7. The molecule has 2 saturated heterocycles. The summed E-state index contributed by atoms with van der Waals surface area (Å²) in [5.74, 6) is 0.330. The summed E-state index contributed by atoms with van der Waals surface area (Å²) < 4.78 is 15.7. The number of methoxy groups -OCH3 is 2. The number of amides is 2. The Bertz CT molecular complexity index is 1040. The zero-order chi connectivity index (χ0) is 24.9. The number of esters is 1. The normalized spacial score (nSPS) is 20.6. The third kappa shape index (κ3) is 5.11. The van der Waals surface area contributed by atoms with E-state index in [0.717, 1.165) is 5.56 Å². The van der Waals surface area contributed by atoms with Gasteiger partial charge in [-0.25, -0.2) is 0 Å². The Hall–Kier alpha value is -3.55. The predicted molar refractivity (Wildman–Crippen MR) is 130 cm³/mol. The van der Waals surface area contributed by atoms with Crippen molar-refractivity contribution in [1.29, 1.82) is 0 Å². The van der Waals surface area contributed by atoms with Gasteiger partial charge in [0.25, 0.3) is 0 Å². The summed E-state index contributed by atoms with van der Waals surface area (Å²) in [6.07, 6.45) is 1.26. The molecule has 0 aromatic heterocycles. The van der Waals surface area contributed by atoms with Gasteiger partial charge in [0.15, 0.2) is 0 Å². The average Bonchev–Trinajstić information content (AvgIpc) is 3.25. The van der Waals surface area contributed by atoms with Gasteiger partial charge < -0.3 is 24.0 Å². The Kier molecular flexibility index (Phi) is 7.58. The van der Waals surface area contributed by atoms with E-state index in [1.807, 2.05) is 48.5 Å². The first kappa shape index (κ1) is 24.6. The lowest BCUT2D eigenvalue weighted by Crippen LogP contribution is -2.44. The van der Waals surface area contributed by atoms with E-state index in [-0.39, 0.29) is 30.1 Å². The fraction of sp³-hybridized carbons (Fsp3) is 0.444. The lowest BCUT2D eigenvalue weighted by Gasteiger charge is -2.35. The van der Waals surface area contributed by atoms with E-state index < -0.39 is 12.0 Å². The third-order valence-corrected chi connectivity index (χ3v) is 6.87. The molecule has 0 aliphatic carbocycles. The van der Waals surface area contributed by atoms with Crippen LogP contribution in [0.4, 0.5) is 5.69 Å². The predicted octanol–water partition coefficient (Wildman–Crippen LogP) is 3.60. The highest BCUT2D eigenvalue weighted by Crippen LogP contribution is 2.43. The van der Waals surface area contributed by atoms with Gasteiger partial charge in [0, 0.05) is 25.2 Å². The first-order chi connectivity index (χ1) is 17.0. The fourth-order valence-electron chi connectivity index (χ4n) is 5.02. The Morgan fingerprint density at radius 1 is 0.914 bits per heavy atom. The van der Waals surface area contributed by atoms with Crippen LogP contribution in [-0.2, 0) is 19.1 Å². The number of benzene rings is 2. The molecule has 0 saturated carbocycles. The summed E-state index contributed by atoms with van der Waals surface area (Å²) in [5, 5.41) is 0. The summed E-state index contributed by atoms with van der Waals surface area (Å²) in [6.45, 7) is 3.10. The van der Waals surface area contributed by atoms with Crippen LogP contribution in [0.5, 0.6) is 11.5 Å². The topological polar surface area (TPSA) is 85.4 Å². The molecule has 2 fully saturated rings. The molecular weight excluding hydrogens is 448 g/mol. The maximum atomic E-state index is 13.7. The summed E-state index contributed by atoms with van der Waals surface area (Å²) in [5.41, 5.74) is 1.58. The van der Waals surface area contributed by atoms with Crippen LogP contribution in [-0.4, -0.2) is 56.6 Å². The van der Waals surface area contributed by atoms with E-state index in [0.29, 0.717) is 49.7 Å². The monoisotopic (exact) mass is 480 g/mol. The standard InChI is InChI=1S/C27H32N2O6/c1-4-35-27(32)19-13-15-28(16-14-19)26(31)23-17-24(30)29(20-7-11-22(34-3)12-8-20)25(23)18-5-9-21(33-2)10-6-18/h5-12,19,23,25H,4,13-17H2,1-3H3. The number of anilines is 1. The second kappa shape index (κ2) is 10.8. The Morgan fingerprint density at radius 3 is 2.03 bits per heavy atom. The van der Waals surface area contributed by atoms with Crippen molar-refractivity contribution in [2.75, 3.05) is 38.8 Å². The second-order valence-corrected chi connectivity index (χ2v) is 8.84. The molecule has 0 N–H and O–H groups in total. The number of hydrogen-bond acceptors (Lipinski definition) is 6. The highest BCUT2D eigenvalue weighted by molar-refractivity contribution is 6.01. The lowest BCUT2D eigenvalue weighted by molar-refractivity contribution is -0.151. The molecule has 2 aromatic carbocycles. The minimum atomic E-state index is -0.530. The lowest BCUT2D eigenvalue weighted by atomic mass is 9.90. The molecular formula is C27H32N2O6. The smallest absolute Gasteiger partial charge is 0.309 e. The van der Waals surface area contributed by atoms with Crippen molar-refractivity contribution in [3.05, 3.63) is 54.1 Å². The summed E-state index contributed by atoms with van der Waals surface area (Å²) in [7, 11) is 3.19. The van der Waals surface area contributed by atoms with Crippen LogP contribution >= 0.6 is 0 Å². The quantitative estimate of drug-likeness (QED) is 0.563. The van der Waals surface area contributed by atoms with Crippen molar-refractivity contribution in [1.82, 2.24) is 4.90 Å². The zero-order valence-corrected chi connectivity index (χ0v) is 20.4. The minimum absolute atomic E-state index is 0.0579. The average molecular weight is 481 g/mol. The number of carbonyl (C=O) groups excluding carboxylic acids is 3. The largest absolute Gasteiger partial charge is 0.497 e. The van der Waals surface area contributed by atoms with Crippen molar-refractivity contribution < 1.29 is 28.6 Å². The van der Waals surface area contributed by atoms with Gasteiger partial charge in [-0.2, -0.15) is 0 Å². The van der Waals surface area contributed by atoms with Gasteiger partial charge in [0.2, 0.25) is 11.8 Å². The van der Waals surface area contributed by atoms with Crippen LogP contribution in [0, 0.1) is 11.8 Å². The molecule has 8 nitrogen and oxygen atoms in total. The fourth-order valence-corrected chi connectivity index (χ4v) is 5.02. The number of likely N-dealkylation sites (tertiary alicyclic amines) is 1. The molecule has 0 spiro atoms. The van der Waals surface area contributed by atoms with E-state index >= 15 is 0 Å². The summed E-state index contributed by atoms with van der Waals surface area (Å²) >= 11 is 0. The molecule has 2 unspecified atom stereocenters. The van der Waals surface area contributed by atoms with Crippen LogP contribution < -0.4 is 14.4 Å². The van der Waals surface area contributed by atoms with Gasteiger partial charge in [0.1, 0.15) is 11.5 Å². The number of carbonyl (C=O) groups is 3. The molecule has 4 rings (SSSR count). The van der Waals surface area contributed by atoms with E-state index in [1.165, 1.54) is 0 Å². The molecule has 186 valence electrons. The summed E-state index contributed by atoms with van der Waals surface area (Å²) in [6, 6.07) is 14.4. The first-order valence-corrected chi connectivity index (χ1v) is 12.0. The van der Waals surface area contributed by atoms with Gasteiger partial charge in [-0.15, -0.1) is 0 Å². The van der Waals surface area contributed by atoms with Crippen LogP contribution in [0.2, 0.25) is 0 Å². The highest BCUT2D eigenvalue weighted by Gasteiger charge is 2.47. The van der Waals surface area contributed by atoms with Gasteiger partial charge in [0.05, 0.1) is 38.7 Å². The number of piperidine rings is 1. The van der Waals surface area contributed by atoms with Crippen molar-refractivity contribution >= 4 is 23.5 Å². The molecule has 2 aliphatic heterocycles. The first-order valence-electron chi connectivity index (χ1n) is 12.0. The van der Waals surface area contributed by atoms with Gasteiger partial charge in [-0.3, -0.25) is 14.4 Å². The molecule has 2 atom stereocenters. The number of hydrogen-bond donors (Lipinski definition) is 0. The molecule has 0 radical (unpaired) electrons. The van der Waals surface area contributed by atoms with E-state index in [2.05, 4.69) is 0 Å². The SMILES string of the molecule is CCOC(=O)C1CCN(C(=O)C2CC(=O)N(c3ccc(OC)cc3)C2c2ccc(OC)cc2)CC1. The van der Waals surface area contributed by atoms with Gasteiger partial charge in [-0.05, 0) is 61.7 Å². The maximum Gasteiger partial charge on any atom is 0.309 e. The maximum absolute atomic E-state index is 13.7. The second-order valence-electron chi connectivity index (χ2n) is 8.84. The van der Waals surface area contributed by atoms with Gasteiger partial charge >= 0.3 is 5.97 Å². The Morgan fingerprint density at radius 2 is 1.49 bits per heavy atom. The Labute approximate surface area is 205 Å². The molecule has 8 heteroatoms. The Balaban J connectivity index is 1.60. The zero-order valence-electron chi connectivity index (χ0n) is 20.4. The molecule has 35 heavy (non-hydrogen) atoms. The van der Waals surface area contributed by atoms with Crippen molar-refractivity contribution in [3.63, 3.8) is 0 Å². The third-order valence-electron chi connectivity index (χ3n) is 6.87. The molecule has 2 aliphatic rings. The van der Waals surface area contributed by atoms with E-state index in [9.17, 15) is 14.4 Å². The molecule has 0 bridgehead atoms. The van der Waals surface area contributed by atoms with E-state index in [1.54, 1.807) is 30.9 Å². The molecule has 2 aromatic rings. The van der Waals surface area contributed by atoms with Crippen LogP contribution in [0.1, 0.15) is 37.8 Å². The summed E-state index contributed by atoms with van der Waals surface area (Å²) in [4.78, 5) is 42.6. The van der Waals surface area contributed by atoms with Crippen LogP contribution in [0.3, 0.4) is 0 Å². The number of nitrogens with zero attached hydrogens (tertiary/aromatic N) is 2. The molecule has 2 heterocycles.